The third kappa shape index (κ3) is 3.71. The number of benzene rings is 2. The van der Waals surface area contributed by atoms with Crippen molar-refractivity contribution in [2.24, 2.45) is 0 Å². The SMILES string of the molecule is CCc1cc(=O)oc2cc(OC(=O)CCc3ccccc3)ccc12. The van der Waals surface area contributed by atoms with E-state index in [1.807, 2.05) is 43.3 Å². The Morgan fingerprint density at radius 1 is 1.08 bits per heavy atom. The second-order valence-electron chi connectivity index (χ2n) is 5.56. The van der Waals surface area contributed by atoms with E-state index in [0.717, 1.165) is 22.9 Å². The first kappa shape index (κ1) is 16.0. The van der Waals surface area contributed by atoms with Crippen LogP contribution < -0.4 is 10.4 Å². The number of hydrogen-bond acceptors (Lipinski definition) is 4. The Balaban J connectivity index is 1.73. The molecule has 0 aliphatic rings. The number of carbonyl (C=O) groups excluding carboxylic acids is 1. The molecule has 0 atom stereocenters. The van der Waals surface area contributed by atoms with Gasteiger partial charge in [0.1, 0.15) is 11.3 Å². The van der Waals surface area contributed by atoms with Crippen molar-refractivity contribution < 1.29 is 13.9 Å². The molecule has 0 saturated heterocycles. The van der Waals surface area contributed by atoms with Gasteiger partial charge in [0.25, 0.3) is 0 Å². The highest BCUT2D eigenvalue weighted by molar-refractivity contribution is 5.82. The molecule has 0 aliphatic heterocycles. The molecule has 0 N–H and O–H groups in total. The quantitative estimate of drug-likeness (QED) is 0.406. The average Bonchev–Trinajstić information content (AvgIpc) is 2.59. The molecule has 0 aliphatic carbocycles. The molecular formula is C20H18O4. The van der Waals surface area contributed by atoms with Crippen molar-refractivity contribution in [1.82, 2.24) is 0 Å². The van der Waals surface area contributed by atoms with Gasteiger partial charge in [-0.25, -0.2) is 4.79 Å². The molecule has 0 saturated carbocycles. The van der Waals surface area contributed by atoms with E-state index in [0.29, 0.717) is 24.2 Å². The summed E-state index contributed by atoms with van der Waals surface area (Å²) in [6.45, 7) is 1.98. The predicted octanol–water partition coefficient (Wildman–Crippen LogP) is 3.89. The number of aryl methyl sites for hydroxylation is 2. The zero-order chi connectivity index (χ0) is 16.9. The lowest BCUT2D eigenvalue weighted by atomic mass is 10.1. The first-order valence-electron chi connectivity index (χ1n) is 7.97. The molecule has 0 bridgehead atoms. The highest BCUT2D eigenvalue weighted by atomic mass is 16.5. The summed E-state index contributed by atoms with van der Waals surface area (Å²) in [5.74, 6) is 0.0733. The Morgan fingerprint density at radius 2 is 1.88 bits per heavy atom. The van der Waals surface area contributed by atoms with E-state index >= 15 is 0 Å². The highest BCUT2D eigenvalue weighted by Gasteiger charge is 2.09. The van der Waals surface area contributed by atoms with Gasteiger partial charge in [0, 0.05) is 23.9 Å². The fourth-order valence-corrected chi connectivity index (χ4v) is 2.64. The summed E-state index contributed by atoms with van der Waals surface area (Å²) in [6.07, 6.45) is 1.65. The van der Waals surface area contributed by atoms with Crippen molar-refractivity contribution in [1.29, 1.82) is 0 Å². The van der Waals surface area contributed by atoms with Crippen molar-refractivity contribution in [3.63, 3.8) is 0 Å². The normalized spacial score (nSPS) is 10.7. The molecule has 24 heavy (non-hydrogen) atoms. The molecule has 3 rings (SSSR count). The molecule has 0 spiro atoms. The minimum Gasteiger partial charge on any atom is -0.426 e. The molecule has 4 nitrogen and oxygen atoms in total. The van der Waals surface area contributed by atoms with Crippen LogP contribution in [0.4, 0.5) is 0 Å². The van der Waals surface area contributed by atoms with Gasteiger partial charge in [0.05, 0.1) is 0 Å². The van der Waals surface area contributed by atoms with E-state index in [-0.39, 0.29) is 5.97 Å². The molecular weight excluding hydrogens is 304 g/mol. The first-order chi connectivity index (χ1) is 11.7. The summed E-state index contributed by atoms with van der Waals surface area (Å²) in [5, 5.41) is 0.862. The Kier molecular flexibility index (Phi) is 4.75. The van der Waals surface area contributed by atoms with E-state index in [9.17, 15) is 9.59 Å². The van der Waals surface area contributed by atoms with Crippen molar-refractivity contribution in [2.75, 3.05) is 0 Å². The summed E-state index contributed by atoms with van der Waals surface area (Å²) in [4.78, 5) is 23.6. The monoisotopic (exact) mass is 322 g/mol. The van der Waals surface area contributed by atoms with Gasteiger partial charge in [-0.05, 0) is 36.1 Å². The largest absolute Gasteiger partial charge is 0.426 e. The first-order valence-corrected chi connectivity index (χ1v) is 7.97. The molecule has 0 unspecified atom stereocenters. The van der Waals surface area contributed by atoms with Crippen molar-refractivity contribution >= 4 is 16.9 Å². The van der Waals surface area contributed by atoms with E-state index in [1.165, 1.54) is 6.07 Å². The summed E-state index contributed by atoms with van der Waals surface area (Å²) < 4.78 is 10.6. The van der Waals surface area contributed by atoms with Crippen molar-refractivity contribution in [3.8, 4) is 5.75 Å². The Bertz CT molecular complexity index is 910. The van der Waals surface area contributed by atoms with Crippen LogP contribution in [0.5, 0.6) is 5.75 Å². The zero-order valence-corrected chi connectivity index (χ0v) is 13.5. The maximum Gasteiger partial charge on any atom is 0.336 e. The Labute approximate surface area is 139 Å². The second-order valence-corrected chi connectivity index (χ2v) is 5.56. The third-order valence-electron chi connectivity index (χ3n) is 3.87. The van der Waals surface area contributed by atoms with Crippen LogP contribution in [0.25, 0.3) is 11.0 Å². The standard InChI is InChI=1S/C20H18O4/c1-2-15-12-20(22)24-18-13-16(9-10-17(15)18)23-19(21)11-8-14-6-4-3-5-7-14/h3-7,9-10,12-13H,2,8,11H2,1H3. The van der Waals surface area contributed by atoms with E-state index in [1.54, 1.807) is 12.1 Å². The van der Waals surface area contributed by atoms with Gasteiger partial charge in [-0.1, -0.05) is 37.3 Å². The lowest BCUT2D eigenvalue weighted by molar-refractivity contribution is -0.134. The maximum atomic E-state index is 12.0. The van der Waals surface area contributed by atoms with Crippen LogP contribution in [-0.4, -0.2) is 5.97 Å². The average molecular weight is 322 g/mol. The minimum atomic E-state index is -0.396. The molecule has 1 aromatic heterocycles. The van der Waals surface area contributed by atoms with Crippen molar-refractivity contribution in [2.45, 2.75) is 26.2 Å². The molecule has 0 radical (unpaired) electrons. The van der Waals surface area contributed by atoms with Crippen LogP contribution in [-0.2, 0) is 17.6 Å². The number of esters is 1. The maximum absolute atomic E-state index is 12.0. The summed E-state index contributed by atoms with van der Waals surface area (Å²) in [5.41, 5.74) is 2.05. The highest BCUT2D eigenvalue weighted by Crippen LogP contribution is 2.23. The van der Waals surface area contributed by atoms with Gasteiger partial charge >= 0.3 is 11.6 Å². The van der Waals surface area contributed by atoms with Gasteiger partial charge in [-0.2, -0.15) is 0 Å². The van der Waals surface area contributed by atoms with Gasteiger partial charge in [0.15, 0.2) is 0 Å². The van der Waals surface area contributed by atoms with Crippen LogP contribution >= 0.6 is 0 Å². The van der Waals surface area contributed by atoms with Gasteiger partial charge in [-0.3, -0.25) is 4.79 Å². The van der Waals surface area contributed by atoms with Crippen LogP contribution in [0.1, 0.15) is 24.5 Å². The Hall–Kier alpha value is -2.88. The smallest absolute Gasteiger partial charge is 0.336 e. The fourth-order valence-electron chi connectivity index (χ4n) is 2.64. The molecule has 1 heterocycles. The summed E-state index contributed by atoms with van der Waals surface area (Å²) in [7, 11) is 0. The number of ether oxygens (including phenoxy) is 1. The molecule has 4 heteroatoms. The lowest BCUT2D eigenvalue weighted by Crippen LogP contribution is -2.09. The molecule has 122 valence electrons. The molecule has 2 aromatic carbocycles. The van der Waals surface area contributed by atoms with E-state index < -0.39 is 5.63 Å². The van der Waals surface area contributed by atoms with Crippen LogP contribution in [0.3, 0.4) is 0 Å². The van der Waals surface area contributed by atoms with Gasteiger partial charge in [-0.15, -0.1) is 0 Å². The summed E-state index contributed by atoms with van der Waals surface area (Å²) >= 11 is 0. The van der Waals surface area contributed by atoms with Crippen LogP contribution in [0.2, 0.25) is 0 Å². The Morgan fingerprint density at radius 3 is 2.62 bits per heavy atom. The number of rotatable bonds is 5. The van der Waals surface area contributed by atoms with Crippen LogP contribution in [0.15, 0.2) is 63.8 Å². The predicted molar refractivity (Wildman–Crippen MR) is 92.3 cm³/mol. The molecule has 3 aromatic rings. The minimum absolute atomic E-state index is 0.293. The van der Waals surface area contributed by atoms with E-state index in [4.69, 9.17) is 9.15 Å². The zero-order valence-electron chi connectivity index (χ0n) is 13.5. The van der Waals surface area contributed by atoms with Crippen molar-refractivity contribution in [3.05, 3.63) is 76.1 Å². The topological polar surface area (TPSA) is 56.5 Å². The number of carbonyl (C=O) groups is 1. The fraction of sp³-hybridized carbons (Fsp3) is 0.200. The number of fused-ring (bicyclic) bond motifs is 1. The lowest BCUT2D eigenvalue weighted by Gasteiger charge is -2.07. The third-order valence-corrected chi connectivity index (χ3v) is 3.87. The number of hydrogen-bond donors (Lipinski definition) is 0. The van der Waals surface area contributed by atoms with Gasteiger partial charge < -0.3 is 9.15 Å². The molecule has 0 fully saturated rings. The molecule has 0 amide bonds. The van der Waals surface area contributed by atoms with Crippen LogP contribution in [0, 0.1) is 0 Å². The summed E-state index contributed by atoms with van der Waals surface area (Å²) in [6, 6.07) is 16.4. The van der Waals surface area contributed by atoms with Gasteiger partial charge in [0.2, 0.25) is 0 Å². The second kappa shape index (κ2) is 7.13. The van der Waals surface area contributed by atoms with E-state index in [2.05, 4.69) is 0 Å².